The number of halogens is 8. The minimum Gasteiger partial charge on any atom is -0.467 e. The first kappa shape index (κ1) is 36.3. The first-order valence-corrected chi connectivity index (χ1v) is 15.3. The molecular weight excluding hydrogens is 680 g/mol. The van der Waals surface area contributed by atoms with E-state index in [9.17, 15) is 49.5 Å². The van der Waals surface area contributed by atoms with E-state index in [1.807, 2.05) is 5.32 Å². The molecule has 4 aromatic rings. The molecule has 2 aromatic carbocycles. The van der Waals surface area contributed by atoms with E-state index in [0.717, 1.165) is 13.2 Å². The standard InChI is InChI=1S/C34H30F8N4O4/c1-4-26(34(40,41)42)44-18-13-22(35)28(23(36)14-18)30(47)45-24(32(49)50-3)12-17-9-10-20(29-19(17)6-5-11-43-29)27-21(33(37,38)39)15-25(16-7-8-16)46(2)31(27)48/h5-6,9-11,13-16,24,26,44H,4,7-8,12H2,1-3H3,(H,45,47)/t24-,26+/m0/s1. The van der Waals surface area contributed by atoms with Crippen LogP contribution in [0.5, 0.6) is 0 Å². The van der Waals surface area contributed by atoms with Crippen molar-refractivity contribution in [2.75, 3.05) is 12.4 Å². The number of carbonyl (C=O) groups excluding carboxylic acids is 2. The van der Waals surface area contributed by atoms with Gasteiger partial charge in [0.15, 0.2) is 0 Å². The quantitative estimate of drug-likeness (QED) is 0.135. The van der Waals surface area contributed by atoms with E-state index in [1.165, 1.54) is 49.0 Å². The number of anilines is 1. The van der Waals surface area contributed by atoms with Gasteiger partial charge in [0, 0.05) is 42.0 Å². The highest BCUT2D eigenvalue weighted by Crippen LogP contribution is 2.44. The molecule has 16 heteroatoms. The van der Waals surface area contributed by atoms with Crippen molar-refractivity contribution < 1.29 is 49.4 Å². The Kier molecular flexibility index (Phi) is 9.94. The molecule has 266 valence electrons. The van der Waals surface area contributed by atoms with E-state index in [4.69, 9.17) is 4.74 Å². The fourth-order valence-corrected chi connectivity index (χ4v) is 5.86. The summed E-state index contributed by atoms with van der Waals surface area (Å²) in [5, 5.41) is 4.36. The molecule has 8 nitrogen and oxygen atoms in total. The van der Waals surface area contributed by atoms with Crippen molar-refractivity contribution in [2.24, 2.45) is 7.05 Å². The van der Waals surface area contributed by atoms with Crippen molar-refractivity contribution in [2.45, 2.75) is 63.0 Å². The average molecular weight is 711 g/mol. The van der Waals surface area contributed by atoms with Gasteiger partial charge in [0.2, 0.25) is 0 Å². The normalized spacial score (nSPS) is 14.7. The number of hydrogen-bond acceptors (Lipinski definition) is 6. The Morgan fingerprint density at radius 1 is 1.04 bits per heavy atom. The van der Waals surface area contributed by atoms with E-state index < -0.39 is 88.7 Å². The van der Waals surface area contributed by atoms with Gasteiger partial charge < -0.3 is 19.9 Å². The fourth-order valence-electron chi connectivity index (χ4n) is 5.86. The number of amides is 1. The van der Waals surface area contributed by atoms with Gasteiger partial charge in [-0.15, -0.1) is 0 Å². The molecule has 2 atom stereocenters. The number of methoxy groups -OCH3 is 1. The molecule has 1 aliphatic rings. The third-order valence-corrected chi connectivity index (χ3v) is 8.53. The highest BCUT2D eigenvalue weighted by atomic mass is 19.4. The van der Waals surface area contributed by atoms with Crippen LogP contribution in [0.4, 0.5) is 40.8 Å². The van der Waals surface area contributed by atoms with Gasteiger partial charge in [0.1, 0.15) is 29.3 Å². The number of pyridine rings is 2. The molecule has 0 radical (unpaired) electrons. The van der Waals surface area contributed by atoms with Crippen LogP contribution in [0.25, 0.3) is 22.0 Å². The maximum absolute atomic E-state index is 15.0. The first-order chi connectivity index (χ1) is 23.5. The van der Waals surface area contributed by atoms with Gasteiger partial charge >= 0.3 is 18.3 Å². The van der Waals surface area contributed by atoms with E-state index in [-0.39, 0.29) is 33.6 Å². The van der Waals surface area contributed by atoms with Crippen molar-refractivity contribution in [3.63, 3.8) is 0 Å². The Bertz CT molecular complexity index is 2000. The van der Waals surface area contributed by atoms with Crippen LogP contribution in [0.2, 0.25) is 0 Å². The van der Waals surface area contributed by atoms with Gasteiger partial charge in [-0.2, -0.15) is 26.3 Å². The van der Waals surface area contributed by atoms with Crippen LogP contribution in [0.3, 0.4) is 0 Å². The van der Waals surface area contributed by atoms with Crippen LogP contribution < -0.4 is 16.2 Å². The van der Waals surface area contributed by atoms with Crippen LogP contribution in [-0.2, 0) is 29.2 Å². The molecule has 50 heavy (non-hydrogen) atoms. The summed E-state index contributed by atoms with van der Waals surface area (Å²) in [7, 11) is 2.38. The molecule has 5 rings (SSSR count). The highest BCUT2D eigenvalue weighted by molar-refractivity contribution is 5.99. The van der Waals surface area contributed by atoms with Crippen molar-refractivity contribution in [3.8, 4) is 11.1 Å². The third-order valence-electron chi connectivity index (χ3n) is 8.53. The van der Waals surface area contributed by atoms with Crippen molar-refractivity contribution >= 4 is 28.5 Å². The molecule has 2 aromatic heterocycles. The molecule has 2 N–H and O–H groups in total. The molecule has 2 heterocycles. The van der Waals surface area contributed by atoms with Crippen molar-refractivity contribution in [1.29, 1.82) is 0 Å². The van der Waals surface area contributed by atoms with Crippen LogP contribution >= 0.6 is 0 Å². The van der Waals surface area contributed by atoms with Crippen LogP contribution in [0, 0.1) is 11.6 Å². The number of rotatable bonds is 10. The Morgan fingerprint density at radius 3 is 2.26 bits per heavy atom. The lowest BCUT2D eigenvalue weighted by atomic mass is 9.92. The molecular formula is C34H30F8N4O4. The number of nitrogens with one attached hydrogen (secondary N) is 2. The lowest BCUT2D eigenvalue weighted by molar-refractivity contribution is -0.143. The molecule has 1 aliphatic carbocycles. The highest BCUT2D eigenvalue weighted by Gasteiger charge is 2.40. The zero-order valence-electron chi connectivity index (χ0n) is 26.7. The van der Waals surface area contributed by atoms with Crippen molar-refractivity contribution in [3.05, 3.63) is 93.0 Å². The van der Waals surface area contributed by atoms with Gasteiger partial charge in [-0.1, -0.05) is 25.1 Å². The summed E-state index contributed by atoms with van der Waals surface area (Å²) in [4.78, 5) is 43.6. The summed E-state index contributed by atoms with van der Waals surface area (Å²) >= 11 is 0. The molecule has 0 spiro atoms. The SMILES string of the molecule is CC[C@@H](Nc1cc(F)c(C(=O)N[C@@H](Cc2ccc(-c3c(C(F)(F)F)cc(C4CC4)n(C)c3=O)c3ncccc23)C(=O)OC)c(F)c1)C(F)(F)F. The van der Waals surface area contributed by atoms with Crippen LogP contribution in [-0.4, -0.2) is 46.8 Å². The zero-order valence-corrected chi connectivity index (χ0v) is 26.7. The van der Waals surface area contributed by atoms with E-state index in [1.54, 1.807) is 0 Å². The van der Waals surface area contributed by atoms with Crippen molar-refractivity contribution in [1.82, 2.24) is 14.9 Å². The number of nitrogens with zero attached hydrogens (tertiary/aromatic N) is 2. The third kappa shape index (κ3) is 7.28. The number of carbonyl (C=O) groups is 2. The van der Waals surface area contributed by atoms with Gasteiger partial charge in [0.05, 0.1) is 23.8 Å². The summed E-state index contributed by atoms with van der Waals surface area (Å²) in [5.41, 5.74) is -4.04. The Balaban J connectivity index is 1.50. The second-order valence-corrected chi connectivity index (χ2v) is 11.9. The summed E-state index contributed by atoms with van der Waals surface area (Å²) in [5.74, 6) is -5.68. The molecule has 1 fully saturated rings. The maximum Gasteiger partial charge on any atom is 0.417 e. The second-order valence-electron chi connectivity index (χ2n) is 11.9. The second kappa shape index (κ2) is 13.7. The minimum absolute atomic E-state index is 0.0221. The Morgan fingerprint density at radius 2 is 1.70 bits per heavy atom. The summed E-state index contributed by atoms with van der Waals surface area (Å²) in [6.45, 7) is 1.21. The van der Waals surface area contributed by atoms with Crippen LogP contribution in [0.1, 0.15) is 59.3 Å². The monoisotopic (exact) mass is 710 g/mol. The van der Waals surface area contributed by atoms with Gasteiger partial charge in [-0.05, 0) is 55.0 Å². The number of benzene rings is 2. The molecule has 0 bridgehead atoms. The van der Waals surface area contributed by atoms with Gasteiger partial charge in [-0.3, -0.25) is 14.6 Å². The lowest BCUT2D eigenvalue weighted by Crippen LogP contribution is -2.43. The molecule has 0 aliphatic heterocycles. The van der Waals surface area contributed by atoms with E-state index in [2.05, 4.69) is 10.3 Å². The fraction of sp³-hybridized carbons (Fsp3) is 0.353. The predicted molar refractivity (Wildman–Crippen MR) is 166 cm³/mol. The summed E-state index contributed by atoms with van der Waals surface area (Å²) < 4.78 is 119. The molecule has 0 unspecified atom stereocenters. The number of aromatic nitrogens is 2. The molecule has 0 saturated heterocycles. The first-order valence-electron chi connectivity index (χ1n) is 15.3. The predicted octanol–water partition coefficient (Wildman–Crippen LogP) is 7.04. The molecule has 1 amide bonds. The van der Waals surface area contributed by atoms with Crippen LogP contribution in [0.15, 0.2) is 53.5 Å². The maximum atomic E-state index is 15.0. The Labute approximate surface area is 279 Å². The number of esters is 1. The minimum atomic E-state index is -4.89. The van der Waals surface area contributed by atoms with E-state index in [0.29, 0.717) is 25.0 Å². The number of hydrogen-bond donors (Lipinski definition) is 2. The lowest BCUT2D eigenvalue weighted by Gasteiger charge is -2.22. The summed E-state index contributed by atoms with van der Waals surface area (Å²) in [6, 6.07) is 3.77. The average Bonchev–Trinajstić information content (AvgIpc) is 3.88. The topological polar surface area (TPSA) is 102 Å². The Hall–Kier alpha value is -5.02. The number of alkyl halides is 6. The largest absolute Gasteiger partial charge is 0.467 e. The number of fused-ring (bicyclic) bond motifs is 1. The number of ether oxygens (including phenoxy) is 1. The summed E-state index contributed by atoms with van der Waals surface area (Å²) in [6.07, 6.45) is -7.85. The van der Waals surface area contributed by atoms with E-state index >= 15 is 0 Å². The zero-order chi connectivity index (χ0) is 36.7. The smallest absolute Gasteiger partial charge is 0.417 e. The van der Waals surface area contributed by atoms with Gasteiger partial charge in [0.25, 0.3) is 11.5 Å². The molecule has 1 saturated carbocycles. The van der Waals surface area contributed by atoms with Gasteiger partial charge in [-0.25, -0.2) is 13.6 Å².